The number of carboxylic acid groups (broad SMARTS) is 1. The molecule has 9 heteroatoms. The van der Waals surface area contributed by atoms with Gasteiger partial charge in [-0.15, -0.1) is 0 Å². The second-order valence-electron chi connectivity index (χ2n) is 26.2. The van der Waals surface area contributed by atoms with Gasteiger partial charge in [0.1, 0.15) is 13.2 Å². The Hall–Kier alpha value is -3.79. The van der Waals surface area contributed by atoms with E-state index in [2.05, 4.69) is 111 Å². The van der Waals surface area contributed by atoms with Gasteiger partial charge >= 0.3 is 11.9 Å². The van der Waals surface area contributed by atoms with Crippen LogP contribution in [0.3, 0.4) is 0 Å². The van der Waals surface area contributed by atoms with Crippen molar-refractivity contribution in [3.63, 3.8) is 0 Å². The number of nitrogens with zero attached hydrogens (tertiary/aromatic N) is 1. The molecule has 0 aliphatic heterocycles. The zero-order valence-corrected chi connectivity index (χ0v) is 58.8. The van der Waals surface area contributed by atoms with Crippen LogP contribution >= 0.6 is 0 Å². The van der Waals surface area contributed by atoms with Crippen LogP contribution in [0.5, 0.6) is 0 Å². The monoisotopic (exact) mass is 1240 g/mol. The fourth-order valence-corrected chi connectivity index (χ4v) is 10.7. The van der Waals surface area contributed by atoms with Gasteiger partial charge in [-0.2, -0.15) is 0 Å². The number of carboxylic acids is 1. The third-order valence-corrected chi connectivity index (χ3v) is 16.3. The summed E-state index contributed by atoms with van der Waals surface area (Å²) < 4.78 is 22.8. The topological polar surface area (TPSA) is 111 Å². The van der Waals surface area contributed by atoms with E-state index in [1.165, 1.54) is 212 Å². The van der Waals surface area contributed by atoms with Crippen LogP contribution in [0.1, 0.15) is 335 Å². The van der Waals surface area contributed by atoms with E-state index in [-0.39, 0.29) is 32.2 Å². The normalized spacial score (nSPS) is 13.2. The first-order chi connectivity index (χ1) is 43.6. The molecule has 0 heterocycles. The molecule has 0 N–H and O–H groups in total. The summed E-state index contributed by atoms with van der Waals surface area (Å²) in [6, 6.07) is 0. The lowest BCUT2D eigenvalue weighted by atomic mass is 10.0. The lowest BCUT2D eigenvalue weighted by molar-refractivity contribution is -0.870. The third-order valence-electron chi connectivity index (χ3n) is 16.3. The summed E-state index contributed by atoms with van der Waals surface area (Å²) in [7, 11) is 5.94. The number of hydrogen-bond donors (Lipinski definition) is 0. The average Bonchev–Trinajstić information content (AvgIpc) is 3.70. The van der Waals surface area contributed by atoms with E-state index in [4.69, 9.17) is 18.9 Å². The highest BCUT2D eigenvalue weighted by atomic mass is 16.7. The van der Waals surface area contributed by atoms with Gasteiger partial charge < -0.3 is 33.3 Å². The molecule has 0 aromatic heterocycles. The number of unbranched alkanes of at least 4 members (excludes halogenated alkanes) is 38. The molecule has 514 valence electrons. The maximum atomic E-state index is 13.0. The first-order valence-electron chi connectivity index (χ1n) is 37.4. The zero-order valence-electron chi connectivity index (χ0n) is 58.8. The Balaban J connectivity index is 4.09. The first-order valence-corrected chi connectivity index (χ1v) is 37.4. The molecule has 0 aromatic rings. The molecule has 0 bridgehead atoms. The number of hydrogen-bond acceptors (Lipinski definition) is 8. The highest BCUT2D eigenvalue weighted by Crippen LogP contribution is 2.18. The highest BCUT2D eigenvalue weighted by Gasteiger charge is 2.22. The summed E-state index contributed by atoms with van der Waals surface area (Å²) in [5.41, 5.74) is 0. The van der Waals surface area contributed by atoms with Crippen molar-refractivity contribution in [3.05, 3.63) is 97.2 Å². The number of aliphatic carboxylic acids is 1. The Morgan fingerprint density at radius 2 is 0.640 bits per heavy atom. The number of allylic oxidation sites excluding steroid dienone is 16. The van der Waals surface area contributed by atoms with Gasteiger partial charge in [-0.3, -0.25) is 9.59 Å². The molecular weight excluding hydrogens is 1100 g/mol. The van der Waals surface area contributed by atoms with Crippen LogP contribution in [0.25, 0.3) is 0 Å². The Kier molecular flexibility index (Phi) is 67.1. The van der Waals surface area contributed by atoms with Crippen LogP contribution in [-0.4, -0.2) is 82.3 Å². The lowest BCUT2D eigenvalue weighted by Gasteiger charge is -2.26. The van der Waals surface area contributed by atoms with Crippen molar-refractivity contribution >= 4 is 17.9 Å². The molecule has 0 aliphatic rings. The van der Waals surface area contributed by atoms with Gasteiger partial charge in [-0.25, -0.2) is 0 Å². The highest BCUT2D eigenvalue weighted by molar-refractivity contribution is 5.70. The van der Waals surface area contributed by atoms with E-state index in [1.54, 1.807) is 0 Å². The molecule has 9 nitrogen and oxygen atoms in total. The standard InChI is InChI=1S/C80H141NO8/c1-6-8-10-12-14-16-18-20-22-24-26-28-30-32-34-35-36-37-38-39-40-41-42-43-45-47-49-51-53-55-57-59-61-63-65-67-69-71-78(83)89-76(75-88-80(79(84)85)86-73-72-81(3,4)5)74-87-77(82)70-68-66-64-62-60-58-56-54-52-50-48-46-44-33-31-29-27-25-23-21-19-17-15-13-11-9-7-2/h8,10,14,16,20,22,26,28,32,34,36-37,39-40,42-43,76,80H,6-7,9,11-13,15,17-19,21,23-25,27,29-31,33,35,38,41,44-75H2,1-5H3/b10-8-,16-14-,22-20-,28-26-,34-32-,37-36-,40-39-,43-42-. The maximum Gasteiger partial charge on any atom is 0.306 e. The summed E-state index contributed by atoms with van der Waals surface area (Å²) in [5, 5.41) is 11.8. The predicted octanol–water partition coefficient (Wildman–Crippen LogP) is 22.3. The summed E-state index contributed by atoms with van der Waals surface area (Å²) in [6.07, 6.45) is 93.6. The van der Waals surface area contributed by atoms with Gasteiger partial charge in [0.15, 0.2) is 12.4 Å². The maximum absolute atomic E-state index is 13.0. The third kappa shape index (κ3) is 71.5. The molecule has 0 rings (SSSR count). The fourth-order valence-electron chi connectivity index (χ4n) is 10.7. The molecule has 0 aromatic carbocycles. The summed E-state index contributed by atoms with van der Waals surface area (Å²) in [4.78, 5) is 37.5. The zero-order chi connectivity index (χ0) is 64.7. The quantitative estimate of drug-likeness (QED) is 0.0195. The van der Waals surface area contributed by atoms with Gasteiger partial charge in [0, 0.05) is 12.8 Å². The largest absolute Gasteiger partial charge is 0.545 e. The first kappa shape index (κ1) is 85.2. The lowest BCUT2D eigenvalue weighted by Crippen LogP contribution is -2.44. The van der Waals surface area contributed by atoms with E-state index in [9.17, 15) is 19.5 Å². The second-order valence-corrected chi connectivity index (χ2v) is 26.2. The smallest absolute Gasteiger partial charge is 0.306 e. The molecule has 0 saturated carbocycles. The van der Waals surface area contributed by atoms with Crippen molar-refractivity contribution < 1.29 is 42.9 Å². The number of esters is 2. The van der Waals surface area contributed by atoms with Gasteiger partial charge in [-0.1, -0.05) is 342 Å². The number of ether oxygens (including phenoxy) is 4. The second kappa shape index (κ2) is 70.1. The summed E-state index contributed by atoms with van der Waals surface area (Å²) in [5.74, 6) is -2.27. The molecule has 2 unspecified atom stereocenters. The van der Waals surface area contributed by atoms with Crippen molar-refractivity contribution in [1.29, 1.82) is 0 Å². The number of likely N-dealkylation sites (N-methyl/N-ethyl adjacent to an activating group) is 1. The molecule has 0 fully saturated rings. The number of carbonyl (C=O) groups excluding carboxylic acids is 3. The SMILES string of the molecule is CC/C=C\C/C=C\C/C=C\C/C=C\C/C=C\C/C=C\C/C=C\C/C=C\CCCCCCCCCCCCCCC(=O)OC(COC(=O)CCCCCCCCCCCCCCCCCCCCCCCCCCCCC)COC(OCC[N+](C)(C)C)C(=O)[O-]. The molecular formula is C80H141NO8. The minimum Gasteiger partial charge on any atom is -0.545 e. The average molecular weight is 1250 g/mol. The van der Waals surface area contributed by atoms with Crippen molar-refractivity contribution in [2.24, 2.45) is 0 Å². The Morgan fingerprint density at radius 3 is 0.955 bits per heavy atom. The van der Waals surface area contributed by atoms with Crippen LogP contribution in [-0.2, 0) is 33.3 Å². The van der Waals surface area contributed by atoms with Crippen molar-refractivity contribution in [1.82, 2.24) is 0 Å². The Bertz CT molecular complexity index is 1790. The van der Waals surface area contributed by atoms with Crippen molar-refractivity contribution in [2.45, 2.75) is 347 Å². The van der Waals surface area contributed by atoms with E-state index in [1.807, 2.05) is 21.1 Å². The van der Waals surface area contributed by atoms with Gasteiger partial charge in [0.05, 0.1) is 40.3 Å². The number of quaternary nitrogens is 1. The van der Waals surface area contributed by atoms with Gasteiger partial charge in [0.2, 0.25) is 0 Å². The van der Waals surface area contributed by atoms with E-state index >= 15 is 0 Å². The molecule has 0 spiro atoms. The van der Waals surface area contributed by atoms with Crippen molar-refractivity contribution in [3.8, 4) is 0 Å². The molecule has 89 heavy (non-hydrogen) atoms. The summed E-state index contributed by atoms with van der Waals surface area (Å²) >= 11 is 0. The molecule has 0 radical (unpaired) electrons. The van der Waals surface area contributed by atoms with E-state index in [0.29, 0.717) is 23.9 Å². The predicted molar refractivity (Wildman–Crippen MR) is 380 cm³/mol. The summed E-state index contributed by atoms with van der Waals surface area (Å²) in [6.45, 7) is 4.68. The van der Waals surface area contributed by atoms with E-state index in [0.717, 1.165) is 89.9 Å². The number of rotatable bonds is 69. The van der Waals surface area contributed by atoms with Gasteiger partial charge in [0.25, 0.3) is 0 Å². The van der Waals surface area contributed by atoms with Crippen LogP contribution in [0, 0.1) is 0 Å². The molecule has 0 saturated heterocycles. The van der Waals surface area contributed by atoms with Crippen LogP contribution in [0.4, 0.5) is 0 Å². The molecule has 0 amide bonds. The Morgan fingerprint density at radius 1 is 0.348 bits per heavy atom. The molecule has 2 atom stereocenters. The van der Waals surface area contributed by atoms with Crippen LogP contribution < -0.4 is 5.11 Å². The number of carbonyl (C=O) groups is 3. The molecule has 0 aliphatic carbocycles. The van der Waals surface area contributed by atoms with Crippen molar-refractivity contribution in [2.75, 3.05) is 47.5 Å². The van der Waals surface area contributed by atoms with E-state index < -0.39 is 24.3 Å². The van der Waals surface area contributed by atoms with Gasteiger partial charge in [-0.05, 0) is 77.0 Å². The Labute approximate surface area is 550 Å². The van der Waals surface area contributed by atoms with Crippen LogP contribution in [0.15, 0.2) is 97.2 Å². The minimum atomic E-state index is -1.63. The fraction of sp³-hybridized carbons (Fsp3) is 0.762. The minimum absolute atomic E-state index is 0.146. The van der Waals surface area contributed by atoms with Crippen LogP contribution in [0.2, 0.25) is 0 Å².